The molecule has 0 aliphatic carbocycles. The van der Waals surface area contributed by atoms with Crippen LogP contribution >= 0.6 is 0 Å². The van der Waals surface area contributed by atoms with Crippen LogP contribution in [0.15, 0.2) is 24.3 Å². The quantitative estimate of drug-likeness (QED) is 0.755. The first kappa shape index (κ1) is 12.9. The maximum Gasteiger partial charge on any atom is 0.277 e. The number of anilines is 1. The highest BCUT2D eigenvalue weighted by Crippen LogP contribution is 2.17. The molecule has 1 fully saturated rings. The van der Waals surface area contributed by atoms with Gasteiger partial charge in [0.2, 0.25) is 0 Å². The molecule has 5 nitrogen and oxygen atoms in total. The van der Waals surface area contributed by atoms with E-state index in [1.807, 2.05) is 24.3 Å². The number of rotatable bonds is 3. The monoisotopic (exact) mass is 250 g/mol. The van der Waals surface area contributed by atoms with E-state index in [0.29, 0.717) is 5.56 Å². The van der Waals surface area contributed by atoms with E-state index in [2.05, 4.69) is 4.90 Å². The van der Waals surface area contributed by atoms with E-state index in [-0.39, 0.29) is 5.91 Å². The average molecular weight is 250 g/mol. The molecule has 1 heterocycles. The molecule has 2 rings (SSSR count). The minimum absolute atomic E-state index is 0.147. The lowest BCUT2D eigenvalue weighted by atomic mass is 10.1. The van der Waals surface area contributed by atoms with Gasteiger partial charge in [-0.05, 0) is 24.3 Å². The average Bonchev–Trinajstić information content (AvgIpc) is 2.47. The zero-order valence-corrected chi connectivity index (χ0v) is 10.8. The number of nitrogens with zero attached hydrogens (tertiary/aromatic N) is 2. The Balaban J connectivity index is 2.07. The number of morpholine rings is 1. The second-order valence-electron chi connectivity index (χ2n) is 4.13. The first-order chi connectivity index (χ1) is 8.72. The third kappa shape index (κ3) is 2.80. The summed E-state index contributed by atoms with van der Waals surface area (Å²) in [5, 5.41) is 1.21. The molecule has 1 aromatic carbocycles. The van der Waals surface area contributed by atoms with Crippen LogP contribution in [-0.2, 0) is 9.57 Å². The highest BCUT2D eigenvalue weighted by Gasteiger charge is 2.14. The maximum atomic E-state index is 11.8. The molecule has 1 aromatic rings. The van der Waals surface area contributed by atoms with Gasteiger partial charge in [-0.2, -0.15) is 0 Å². The number of carbonyl (C=O) groups is 1. The summed E-state index contributed by atoms with van der Waals surface area (Å²) in [5.41, 5.74) is 1.74. The number of carbonyl (C=O) groups excluding carboxylic acids is 1. The largest absolute Gasteiger partial charge is 0.378 e. The smallest absolute Gasteiger partial charge is 0.277 e. The summed E-state index contributed by atoms with van der Waals surface area (Å²) in [6, 6.07) is 7.56. The standard InChI is InChI=1S/C13H18N2O3/c1-14(17-2)13(16)11-3-5-12(6-4-11)15-7-9-18-10-8-15/h3-6H,7-10H2,1-2H3. The molecule has 1 aliphatic heterocycles. The van der Waals surface area contributed by atoms with Gasteiger partial charge in [-0.3, -0.25) is 9.63 Å². The van der Waals surface area contributed by atoms with Crippen LogP contribution in [0.4, 0.5) is 5.69 Å². The topological polar surface area (TPSA) is 42.0 Å². The van der Waals surface area contributed by atoms with Crippen molar-refractivity contribution >= 4 is 11.6 Å². The van der Waals surface area contributed by atoms with Gasteiger partial charge in [-0.25, -0.2) is 5.06 Å². The molecule has 0 bridgehead atoms. The number of benzene rings is 1. The van der Waals surface area contributed by atoms with Gasteiger partial charge in [0.25, 0.3) is 5.91 Å². The summed E-state index contributed by atoms with van der Waals surface area (Å²) >= 11 is 0. The number of hydroxylamine groups is 2. The zero-order chi connectivity index (χ0) is 13.0. The summed E-state index contributed by atoms with van der Waals surface area (Å²) in [6.07, 6.45) is 0. The number of amides is 1. The van der Waals surface area contributed by atoms with Crippen LogP contribution in [-0.4, -0.2) is 51.4 Å². The Kier molecular flexibility index (Phi) is 4.17. The molecular formula is C13H18N2O3. The van der Waals surface area contributed by atoms with Crippen LogP contribution in [0.5, 0.6) is 0 Å². The van der Waals surface area contributed by atoms with E-state index < -0.39 is 0 Å². The van der Waals surface area contributed by atoms with Gasteiger partial charge in [0.15, 0.2) is 0 Å². The second-order valence-corrected chi connectivity index (χ2v) is 4.13. The van der Waals surface area contributed by atoms with Crippen molar-refractivity contribution < 1.29 is 14.4 Å². The van der Waals surface area contributed by atoms with Crippen LogP contribution in [0.1, 0.15) is 10.4 Å². The van der Waals surface area contributed by atoms with Gasteiger partial charge in [0.1, 0.15) is 0 Å². The van der Waals surface area contributed by atoms with Crippen LogP contribution in [0, 0.1) is 0 Å². The first-order valence-corrected chi connectivity index (χ1v) is 5.97. The van der Waals surface area contributed by atoms with Gasteiger partial charge >= 0.3 is 0 Å². The number of hydrogen-bond acceptors (Lipinski definition) is 4. The Morgan fingerprint density at radius 3 is 2.44 bits per heavy atom. The van der Waals surface area contributed by atoms with E-state index in [0.717, 1.165) is 32.0 Å². The van der Waals surface area contributed by atoms with Crippen molar-refractivity contribution in [3.05, 3.63) is 29.8 Å². The molecule has 0 spiro atoms. The normalized spacial score (nSPS) is 15.6. The van der Waals surface area contributed by atoms with Crippen molar-refractivity contribution in [2.75, 3.05) is 45.4 Å². The highest BCUT2D eigenvalue weighted by atomic mass is 16.7. The zero-order valence-electron chi connectivity index (χ0n) is 10.8. The SMILES string of the molecule is CON(C)C(=O)c1ccc(N2CCOCC2)cc1. The number of ether oxygens (including phenoxy) is 1. The first-order valence-electron chi connectivity index (χ1n) is 5.97. The van der Waals surface area contributed by atoms with Crippen molar-refractivity contribution in [2.24, 2.45) is 0 Å². The molecule has 98 valence electrons. The predicted molar refractivity (Wildman–Crippen MR) is 68.6 cm³/mol. The van der Waals surface area contributed by atoms with Gasteiger partial charge in [0, 0.05) is 31.4 Å². The molecule has 1 saturated heterocycles. The Labute approximate surface area is 107 Å². The fourth-order valence-corrected chi connectivity index (χ4v) is 1.90. The van der Waals surface area contributed by atoms with Crippen LogP contribution in [0.25, 0.3) is 0 Å². The molecule has 0 aromatic heterocycles. The summed E-state index contributed by atoms with van der Waals surface area (Å²) < 4.78 is 5.31. The van der Waals surface area contributed by atoms with Crippen molar-refractivity contribution in [3.63, 3.8) is 0 Å². The van der Waals surface area contributed by atoms with Gasteiger partial charge < -0.3 is 9.64 Å². The Morgan fingerprint density at radius 2 is 1.89 bits per heavy atom. The molecule has 0 unspecified atom stereocenters. The van der Waals surface area contributed by atoms with E-state index in [1.165, 1.54) is 12.2 Å². The van der Waals surface area contributed by atoms with E-state index in [9.17, 15) is 4.79 Å². The molecule has 1 aliphatic rings. The predicted octanol–water partition coefficient (Wildman–Crippen LogP) is 1.16. The van der Waals surface area contributed by atoms with Gasteiger partial charge in [-0.15, -0.1) is 0 Å². The molecule has 0 atom stereocenters. The molecule has 5 heteroatoms. The summed E-state index contributed by atoms with van der Waals surface area (Å²) in [5.74, 6) is -0.147. The molecule has 18 heavy (non-hydrogen) atoms. The third-order valence-corrected chi connectivity index (χ3v) is 3.05. The summed E-state index contributed by atoms with van der Waals surface area (Å²) in [6.45, 7) is 3.30. The third-order valence-electron chi connectivity index (χ3n) is 3.05. The molecule has 0 saturated carbocycles. The lowest BCUT2D eigenvalue weighted by Gasteiger charge is -2.29. The van der Waals surface area contributed by atoms with Crippen LogP contribution in [0.2, 0.25) is 0 Å². The van der Waals surface area contributed by atoms with E-state index in [1.54, 1.807) is 7.05 Å². The van der Waals surface area contributed by atoms with Gasteiger partial charge in [-0.1, -0.05) is 0 Å². The Hall–Kier alpha value is -1.59. The fraction of sp³-hybridized carbons (Fsp3) is 0.462. The second kappa shape index (κ2) is 5.84. The molecule has 0 radical (unpaired) electrons. The van der Waals surface area contributed by atoms with E-state index >= 15 is 0 Å². The fourth-order valence-electron chi connectivity index (χ4n) is 1.90. The van der Waals surface area contributed by atoms with Crippen LogP contribution in [0.3, 0.4) is 0 Å². The number of hydrogen-bond donors (Lipinski definition) is 0. The Bertz CT molecular complexity index is 399. The van der Waals surface area contributed by atoms with Crippen molar-refractivity contribution in [1.29, 1.82) is 0 Å². The molecule has 0 N–H and O–H groups in total. The van der Waals surface area contributed by atoms with Gasteiger partial charge in [0.05, 0.1) is 20.3 Å². The lowest BCUT2D eigenvalue weighted by molar-refractivity contribution is -0.0756. The molecule has 1 amide bonds. The maximum absolute atomic E-state index is 11.8. The summed E-state index contributed by atoms with van der Waals surface area (Å²) in [4.78, 5) is 18.9. The summed E-state index contributed by atoms with van der Waals surface area (Å²) in [7, 11) is 3.07. The van der Waals surface area contributed by atoms with Crippen LogP contribution < -0.4 is 4.90 Å². The lowest BCUT2D eigenvalue weighted by Crippen LogP contribution is -2.36. The Morgan fingerprint density at radius 1 is 1.28 bits per heavy atom. The van der Waals surface area contributed by atoms with Crippen molar-refractivity contribution in [1.82, 2.24) is 5.06 Å². The minimum Gasteiger partial charge on any atom is -0.378 e. The highest BCUT2D eigenvalue weighted by molar-refractivity contribution is 5.93. The van der Waals surface area contributed by atoms with Crippen molar-refractivity contribution in [2.45, 2.75) is 0 Å². The minimum atomic E-state index is -0.147. The van der Waals surface area contributed by atoms with E-state index in [4.69, 9.17) is 9.57 Å². The molecular weight excluding hydrogens is 232 g/mol. The van der Waals surface area contributed by atoms with Crippen molar-refractivity contribution in [3.8, 4) is 0 Å².